The molecule has 2 aromatic rings. The van der Waals surface area contributed by atoms with E-state index in [-0.39, 0.29) is 18.2 Å². The normalized spacial score (nSPS) is 16.8. The van der Waals surface area contributed by atoms with Crippen molar-refractivity contribution in [3.8, 4) is 5.75 Å². The van der Waals surface area contributed by atoms with Crippen molar-refractivity contribution < 1.29 is 14.3 Å². The number of rotatable bonds is 4. The fourth-order valence-electron chi connectivity index (χ4n) is 2.86. The molecule has 1 N–H and O–H groups in total. The SMILES string of the molecule is COc1ccc(N2CC(C(=O)Nc3cc(Cl)ccc3C)CC2=O)cc1. The van der Waals surface area contributed by atoms with Crippen LogP contribution in [0.25, 0.3) is 0 Å². The summed E-state index contributed by atoms with van der Waals surface area (Å²) < 4.78 is 5.13. The highest BCUT2D eigenvalue weighted by Gasteiger charge is 2.35. The number of carbonyl (C=O) groups excluding carboxylic acids is 2. The van der Waals surface area contributed by atoms with Crippen LogP contribution in [0.3, 0.4) is 0 Å². The molecule has 0 aromatic heterocycles. The van der Waals surface area contributed by atoms with Gasteiger partial charge in [0.2, 0.25) is 11.8 Å². The fraction of sp³-hybridized carbons (Fsp3) is 0.263. The van der Waals surface area contributed by atoms with Crippen LogP contribution in [0.2, 0.25) is 5.02 Å². The Kier molecular flexibility index (Phi) is 4.95. The Morgan fingerprint density at radius 2 is 1.96 bits per heavy atom. The number of ether oxygens (including phenoxy) is 1. The topological polar surface area (TPSA) is 58.6 Å². The standard InChI is InChI=1S/C19H19ClN2O3/c1-12-3-4-14(20)10-17(12)21-19(24)13-9-18(23)22(11-13)15-5-7-16(25-2)8-6-15/h3-8,10,13H,9,11H2,1-2H3,(H,21,24). The fourth-order valence-corrected chi connectivity index (χ4v) is 3.03. The maximum Gasteiger partial charge on any atom is 0.229 e. The molecule has 25 heavy (non-hydrogen) atoms. The van der Waals surface area contributed by atoms with Gasteiger partial charge in [-0.25, -0.2) is 0 Å². The van der Waals surface area contributed by atoms with Gasteiger partial charge in [-0.15, -0.1) is 0 Å². The summed E-state index contributed by atoms with van der Waals surface area (Å²) in [6.07, 6.45) is 0.192. The molecular formula is C19H19ClN2O3. The van der Waals surface area contributed by atoms with Crippen LogP contribution in [0.1, 0.15) is 12.0 Å². The number of nitrogens with one attached hydrogen (secondary N) is 1. The second-order valence-electron chi connectivity index (χ2n) is 6.05. The minimum absolute atomic E-state index is 0.0619. The number of methoxy groups -OCH3 is 1. The van der Waals surface area contributed by atoms with E-state index in [0.717, 1.165) is 17.0 Å². The highest BCUT2D eigenvalue weighted by Crippen LogP contribution is 2.28. The van der Waals surface area contributed by atoms with Crippen LogP contribution in [0.4, 0.5) is 11.4 Å². The van der Waals surface area contributed by atoms with Crippen molar-refractivity contribution in [2.75, 3.05) is 23.9 Å². The smallest absolute Gasteiger partial charge is 0.229 e. The van der Waals surface area contributed by atoms with E-state index in [1.807, 2.05) is 25.1 Å². The first-order valence-corrected chi connectivity index (χ1v) is 8.37. The maximum atomic E-state index is 12.5. The number of hydrogen-bond donors (Lipinski definition) is 1. The quantitative estimate of drug-likeness (QED) is 0.907. The third-order valence-corrected chi connectivity index (χ3v) is 4.57. The summed E-state index contributed by atoms with van der Waals surface area (Å²) in [6, 6.07) is 12.6. The van der Waals surface area contributed by atoms with Crippen molar-refractivity contribution in [2.45, 2.75) is 13.3 Å². The Morgan fingerprint density at radius 1 is 1.24 bits per heavy atom. The number of nitrogens with zero attached hydrogens (tertiary/aromatic N) is 1. The average molecular weight is 359 g/mol. The summed E-state index contributed by atoms with van der Waals surface area (Å²) in [5.74, 6) is 0.0944. The van der Waals surface area contributed by atoms with E-state index in [4.69, 9.17) is 16.3 Å². The summed E-state index contributed by atoms with van der Waals surface area (Å²) >= 11 is 5.99. The molecule has 0 aliphatic carbocycles. The number of benzene rings is 2. The van der Waals surface area contributed by atoms with Crippen LogP contribution in [0, 0.1) is 12.8 Å². The molecule has 1 aliphatic heterocycles. The summed E-state index contributed by atoms with van der Waals surface area (Å²) in [5, 5.41) is 3.44. The Bertz CT molecular complexity index is 805. The molecule has 5 nitrogen and oxygen atoms in total. The Hall–Kier alpha value is -2.53. The molecule has 3 rings (SSSR count). The number of halogens is 1. The van der Waals surface area contributed by atoms with E-state index in [1.54, 1.807) is 36.3 Å². The van der Waals surface area contributed by atoms with E-state index in [2.05, 4.69) is 5.32 Å². The lowest BCUT2D eigenvalue weighted by Gasteiger charge is -2.17. The molecule has 130 valence electrons. The summed E-state index contributed by atoms with van der Waals surface area (Å²) in [7, 11) is 1.59. The monoisotopic (exact) mass is 358 g/mol. The highest BCUT2D eigenvalue weighted by molar-refractivity contribution is 6.31. The van der Waals surface area contributed by atoms with Gasteiger partial charge in [-0.3, -0.25) is 9.59 Å². The van der Waals surface area contributed by atoms with Crippen molar-refractivity contribution in [1.29, 1.82) is 0 Å². The van der Waals surface area contributed by atoms with Crippen molar-refractivity contribution in [3.63, 3.8) is 0 Å². The number of carbonyl (C=O) groups is 2. The van der Waals surface area contributed by atoms with Gasteiger partial charge in [0, 0.05) is 29.4 Å². The van der Waals surface area contributed by atoms with Crippen LogP contribution >= 0.6 is 11.6 Å². The summed E-state index contributed by atoms with van der Waals surface area (Å²) in [4.78, 5) is 26.5. The van der Waals surface area contributed by atoms with E-state index in [9.17, 15) is 9.59 Å². The molecule has 1 fully saturated rings. The first kappa shape index (κ1) is 17.3. The molecule has 0 spiro atoms. The molecule has 6 heteroatoms. The molecule has 1 atom stereocenters. The number of anilines is 2. The number of aryl methyl sites for hydroxylation is 1. The van der Waals surface area contributed by atoms with Gasteiger partial charge in [0.15, 0.2) is 0 Å². The van der Waals surface area contributed by atoms with Gasteiger partial charge in [0.25, 0.3) is 0 Å². The van der Waals surface area contributed by atoms with Crippen molar-refractivity contribution in [3.05, 3.63) is 53.1 Å². The van der Waals surface area contributed by atoms with E-state index < -0.39 is 5.92 Å². The van der Waals surface area contributed by atoms with Crippen LogP contribution < -0.4 is 15.0 Å². The highest BCUT2D eigenvalue weighted by atomic mass is 35.5. The molecule has 0 saturated carbocycles. The first-order valence-electron chi connectivity index (χ1n) is 7.99. The predicted molar refractivity (Wildman–Crippen MR) is 98.3 cm³/mol. The largest absolute Gasteiger partial charge is 0.497 e. The molecule has 1 heterocycles. The predicted octanol–water partition coefficient (Wildman–Crippen LogP) is 3.65. The van der Waals surface area contributed by atoms with Gasteiger partial charge in [-0.05, 0) is 48.9 Å². The van der Waals surface area contributed by atoms with Gasteiger partial charge in [-0.1, -0.05) is 17.7 Å². The Morgan fingerprint density at radius 3 is 2.64 bits per heavy atom. The lowest BCUT2D eigenvalue weighted by Crippen LogP contribution is -2.28. The lowest BCUT2D eigenvalue weighted by atomic mass is 10.1. The Labute approximate surface area is 151 Å². The second kappa shape index (κ2) is 7.15. The zero-order chi connectivity index (χ0) is 18.0. The van der Waals surface area contributed by atoms with Gasteiger partial charge in [0.05, 0.1) is 13.0 Å². The van der Waals surface area contributed by atoms with Gasteiger partial charge in [-0.2, -0.15) is 0 Å². The lowest BCUT2D eigenvalue weighted by molar-refractivity contribution is -0.122. The maximum absolute atomic E-state index is 12.5. The third kappa shape index (κ3) is 3.77. The molecule has 2 amide bonds. The van der Waals surface area contributed by atoms with Crippen LogP contribution in [-0.2, 0) is 9.59 Å². The van der Waals surface area contributed by atoms with Gasteiger partial charge in [0.1, 0.15) is 5.75 Å². The molecular weight excluding hydrogens is 340 g/mol. The first-order chi connectivity index (χ1) is 12.0. The summed E-state index contributed by atoms with van der Waals surface area (Å²) in [5.41, 5.74) is 2.36. The number of hydrogen-bond acceptors (Lipinski definition) is 3. The van der Waals surface area contributed by atoms with Crippen molar-refractivity contribution >= 4 is 34.8 Å². The zero-order valence-electron chi connectivity index (χ0n) is 14.1. The molecule has 0 bridgehead atoms. The van der Waals surface area contributed by atoms with Gasteiger partial charge < -0.3 is 15.0 Å². The second-order valence-corrected chi connectivity index (χ2v) is 6.49. The van der Waals surface area contributed by atoms with Crippen molar-refractivity contribution in [1.82, 2.24) is 0 Å². The van der Waals surface area contributed by atoms with E-state index in [0.29, 0.717) is 17.3 Å². The van der Waals surface area contributed by atoms with E-state index >= 15 is 0 Å². The summed E-state index contributed by atoms with van der Waals surface area (Å²) in [6.45, 7) is 2.26. The third-order valence-electron chi connectivity index (χ3n) is 4.34. The van der Waals surface area contributed by atoms with Crippen LogP contribution in [0.5, 0.6) is 5.75 Å². The molecule has 1 unspecified atom stereocenters. The minimum Gasteiger partial charge on any atom is -0.497 e. The van der Waals surface area contributed by atoms with Crippen LogP contribution in [0.15, 0.2) is 42.5 Å². The van der Waals surface area contributed by atoms with Crippen LogP contribution in [-0.4, -0.2) is 25.5 Å². The molecule has 2 aromatic carbocycles. The van der Waals surface area contributed by atoms with E-state index in [1.165, 1.54) is 0 Å². The van der Waals surface area contributed by atoms with Gasteiger partial charge >= 0.3 is 0 Å². The minimum atomic E-state index is -0.395. The molecule has 1 saturated heterocycles. The molecule has 0 radical (unpaired) electrons. The zero-order valence-corrected chi connectivity index (χ0v) is 14.8. The molecule has 1 aliphatic rings. The van der Waals surface area contributed by atoms with Crippen molar-refractivity contribution in [2.24, 2.45) is 5.92 Å². The average Bonchev–Trinajstić information content (AvgIpc) is 3.00. The number of amides is 2. The Balaban J connectivity index is 1.70.